The van der Waals surface area contributed by atoms with Crippen LogP contribution in [-0.2, 0) is 11.2 Å². The van der Waals surface area contributed by atoms with Crippen molar-refractivity contribution in [3.8, 4) is 0 Å². The van der Waals surface area contributed by atoms with E-state index in [0.29, 0.717) is 30.1 Å². The molecule has 0 saturated heterocycles. The van der Waals surface area contributed by atoms with Crippen LogP contribution < -0.4 is 5.32 Å². The van der Waals surface area contributed by atoms with Crippen molar-refractivity contribution < 1.29 is 9.59 Å². The van der Waals surface area contributed by atoms with Gasteiger partial charge in [-0.3, -0.25) is 9.59 Å². The zero-order chi connectivity index (χ0) is 12.8. The van der Waals surface area contributed by atoms with Gasteiger partial charge in [0.05, 0.1) is 0 Å². The Kier molecular flexibility index (Phi) is 4.82. The quantitative estimate of drug-likeness (QED) is 0.841. The predicted octanol–water partition coefficient (Wildman–Crippen LogP) is 1.60. The van der Waals surface area contributed by atoms with E-state index in [1.165, 1.54) is 0 Å². The lowest BCUT2D eigenvalue weighted by molar-refractivity contribution is -0.119. The minimum atomic E-state index is -0.233. The number of nitrogens with zero attached hydrogens (tertiary/aromatic N) is 1. The number of amides is 1. The average Bonchev–Trinajstić information content (AvgIpc) is 2.27. The van der Waals surface area contributed by atoms with Crippen LogP contribution in [0.15, 0.2) is 18.2 Å². The third-order valence-corrected chi connectivity index (χ3v) is 2.28. The van der Waals surface area contributed by atoms with E-state index in [1.807, 2.05) is 13.8 Å². The second-order valence-electron chi connectivity index (χ2n) is 4.41. The first kappa shape index (κ1) is 13.4. The van der Waals surface area contributed by atoms with Crippen molar-refractivity contribution in [1.82, 2.24) is 10.3 Å². The Morgan fingerprint density at radius 2 is 2.06 bits per heavy atom. The first-order valence-electron chi connectivity index (χ1n) is 5.72. The molecule has 1 amide bonds. The second kappa shape index (κ2) is 6.13. The third-order valence-electron chi connectivity index (χ3n) is 2.28. The summed E-state index contributed by atoms with van der Waals surface area (Å²) in [6, 6.07) is 5.15. The van der Waals surface area contributed by atoms with Crippen LogP contribution in [-0.4, -0.2) is 23.7 Å². The van der Waals surface area contributed by atoms with Crippen LogP contribution >= 0.6 is 0 Å². The molecule has 92 valence electrons. The van der Waals surface area contributed by atoms with Crippen LogP contribution in [0.1, 0.15) is 36.5 Å². The van der Waals surface area contributed by atoms with E-state index in [-0.39, 0.29) is 11.7 Å². The van der Waals surface area contributed by atoms with Crippen molar-refractivity contribution >= 4 is 11.7 Å². The number of hydrogen-bond donors (Lipinski definition) is 1. The van der Waals surface area contributed by atoms with Gasteiger partial charge in [-0.05, 0) is 18.1 Å². The molecule has 4 heteroatoms. The number of nitrogens with one attached hydrogen (secondary N) is 1. The zero-order valence-corrected chi connectivity index (χ0v) is 10.5. The first-order chi connectivity index (χ1) is 8.02. The topological polar surface area (TPSA) is 59.1 Å². The van der Waals surface area contributed by atoms with E-state index in [0.717, 1.165) is 0 Å². The summed E-state index contributed by atoms with van der Waals surface area (Å²) in [5.41, 5.74) is 0.999. The van der Waals surface area contributed by atoms with E-state index in [2.05, 4.69) is 10.3 Å². The highest BCUT2D eigenvalue weighted by Gasteiger charge is 2.10. The highest BCUT2D eigenvalue weighted by atomic mass is 16.1. The number of pyridine rings is 1. The fourth-order valence-electron chi connectivity index (χ4n) is 1.56. The maximum Gasteiger partial charge on any atom is 0.269 e. The van der Waals surface area contributed by atoms with E-state index in [9.17, 15) is 9.59 Å². The molecule has 1 aromatic rings. The largest absolute Gasteiger partial charge is 0.354 e. The Bertz CT molecular complexity index is 414. The van der Waals surface area contributed by atoms with Gasteiger partial charge in [0.2, 0.25) is 0 Å². The molecule has 0 radical (unpaired) electrons. The SMILES string of the molecule is CNC(=O)c1cccc(CC(=O)CC(C)C)n1. The zero-order valence-electron chi connectivity index (χ0n) is 10.5. The predicted molar refractivity (Wildman–Crippen MR) is 65.8 cm³/mol. The molecule has 0 atom stereocenters. The van der Waals surface area contributed by atoms with Crippen LogP contribution in [0.5, 0.6) is 0 Å². The van der Waals surface area contributed by atoms with Gasteiger partial charge in [0.1, 0.15) is 11.5 Å². The van der Waals surface area contributed by atoms with Gasteiger partial charge in [-0.2, -0.15) is 0 Å². The summed E-state index contributed by atoms with van der Waals surface area (Å²) in [5.74, 6) is 0.273. The molecule has 4 nitrogen and oxygen atoms in total. The van der Waals surface area contributed by atoms with Crippen molar-refractivity contribution in [3.05, 3.63) is 29.6 Å². The first-order valence-corrected chi connectivity index (χ1v) is 5.72. The molecule has 1 aromatic heterocycles. The van der Waals surface area contributed by atoms with Crippen molar-refractivity contribution in [1.29, 1.82) is 0 Å². The molecule has 0 aliphatic carbocycles. The summed E-state index contributed by atoms with van der Waals surface area (Å²) in [6.45, 7) is 4.01. The van der Waals surface area contributed by atoms with E-state index >= 15 is 0 Å². The lowest BCUT2D eigenvalue weighted by Gasteiger charge is -2.05. The van der Waals surface area contributed by atoms with Crippen molar-refractivity contribution in [2.24, 2.45) is 5.92 Å². The molecule has 0 saturated carbocycles. The van der Waals surface area contributed by atoms with Gasteiger partial charge in [-0.25, -0.2) is 4.98 Å². The van der Waals surface area contributed by atoms with E-state index < -0.39 is 0 Å². The Morgan fingerprint density at radius 1 is 1.35 bits per heavy atom. The van der Waals surface area contributed by atoms with Gasteiger partial charge in [-0.1, -0.05) is 19.9 Å². The summed E-state index contributed by atoms with van der Waals surface area (Å²) < 4.78 is 0. The van der Waals surface area contributed by atoms with Gasteiger partial charge in [0.25, 0.3) is 5.91 Å². The molecular formula is C13H18N2O2. The van der Waals surface area contributed by atoms with Crippen molar-refractivity contribution in [2.75, 3.05) is 7.05 Å². The standard InChI is InChI=1S/C13H18N2O2/c1-9(2)7-11(16)8-10-5-4-6-12(15-10)13(17)14-3/h4-6,9H,7-8H2,1-3H3,(H,14,17). The van der Waals surface area contributed by atoms with Gasteiger partial charge < -0.3 is 5.32 Å². The van der Waals surface area contributed by atoms with Gasteiger partial charge in [-0.15, -0.1) is 0 Å². The molecule has 0 aromatic carbocycles. The van der Waals surface area contributed by atoms with Crippen LogP contribution in [0.4, 0.5) is 0 Å². The third kappa shape index (κ3) is 4.34. The fourth-order valence-corrected chi connectivity index (χ4v) is 1.56. The molecule has 1 N–H and O–H groups in total. The highest BCUT2D eigenvalue weighted by molar-refractivity contribution is 5.92. The van der Waals surface area contributed by atoms with Crippen LogP contribution in [0.25, 0.3) is 0 Å². The number of carbonyl (C=O) groups is 2. The minimum absolute atomic E-state index is 0.154. The Labute approximate surface area is 101 Å². The Morgan fingerprint density at radius 3 is 2.65 bits per heavy atom. The molecule has 0 spiro atoms. The maximum atomic E-state index is 11.6. The number of hydrogen-bond acceptors (Lipinski definition) is 3. The van der Waals surface area contributed by atoms with E-state index in [4.69, 9.17) is 0 Å². The summed E-state index contributed by atoms with van der Waals surface area (Å²) in [6.07, 6.45) is 0.842. The monoisotopic (exact) mass is 234 g/mol. The summed E-state index contributed by atoms with van der Waals surface area (Å²) >= 11 is 0. The van der Waals surface area contributed by atoms with Crippen molar-refractivity contribution in [3.63, 3.8) is 0 Å². The highest BCUT2D eigenvalue weighted by Crippen LogP contribution is 2.06. The molecule has 1 heterocycles. The van der Waals surface area contributed by atoms with Gasteiger partial charge >= 0.3 is 0 Å². The van der Waals surface area contributed by atoms with Gasteiger partial charge in [0, 0.05) is 25.6 Å². The molecular weight excluding hydrogens is 216 g/mol. The molecule has 0 aliphatic rings. The number of carbonyl (C=O) groups excluding carboxylic acids is 2. The molecule has 17 heavy (non-hydrogen) atoms. The number of aromatic nitrogens is 1. The average molecular weight is 234 g/mol. The van der Waals surface area contributed by atoms with Crippen LogP contribution in [0, 0.1) is 5.92 Å². The molecule has 0 fully saturated rings. The second-order valence-corrected chi connectivity index (χ2v) is 4.41. The summed E-state index contributed by atoms with van der Waals surface area (Å²) in [4.78, 5) is 27.2. The Balaban J connectivity index is 2.72. The maximum absolute atomic E-state index is 11.6. The molecule has 1 rings (SSSR count). The molecule has 0 unspecified atom stereocenters. The smallest absolute Gasteiger partial charge is 0.269 e. The van der Waals surface area contributed by atoms with Crippen molar-refractivity contribution in [2.45, 2.75) is 26.7 Å². The fraction of sp³-hybridized carbons (Fsp3) is 0.462. The molecule has 0 aliphatic heterocycles. The lowest BCUT2D eigenvalue weighted by Crippen LogP contribution is -2.20. The Hall–Kier alpha value is -1.71. The normalized spacial score (nSPS) is 10.4. The number of ketones is 1. The minimum Gasteiger partial charge on any atom is -0.354 e. The number of Topliss-reactive ketones (excluding diaryl/α,β-unsaturated/α-hetero) is 1. The number of rotatable bonds is 5. The summed E-state index contributed by atoms with van der Waals surface area (Å²) in [7, 11) is 1.56. The van der Waals surface area contributed by atoms with Crippen LogP contribution in [0.2, 0.25) is 0 Å². The molecule has 0 bridgehead atoms. The lowest BCUT2D eigenvalue weighted by atomic mass is 10.0. The van der Waals surface area contributed by atoms with E-state index in [1.54, 1.807) is 25.2 Å². The van der Waals surface area contributed by atoms with Gasteiger partial charge in [0.15, 0.2) is 0 Å². The summed E-state index contributed by atoms with van der Waals surface area (Å²) in [5, 5.41) is 2.51. The van der Waals surface area contributed by atoms with Crippen LogP contribution in [0.3, 0.4) is 0 Å².